The van der Waals surface area contributed by atoms with Crippen molar-refractivity contribution in [3.63, 3.8) is 0 Å². The molecule has 0 atom stereocenters. The quantitative estimate of drug-likeness (QED) is 0.729. The maximum Gasteiger partial charge on any atom is 0.0472 e. The molecule has 3 nitrogen and oxygen atoms in total. The Morgan fingerprint density at radius 3 is 2.25 bits per heavy atom. The van der Waals surface area contributed by atoms with Crippen LogP contribution in [0.4, 0.5) is 0 Å². The molecule has 0 bridgehead atoms. The number of hydrogen-bond acceptors (Lipinski definition) is 3. The van der Waals surface area contributed by atoms with E-state index in [1.165, 1.54) is 71.2 Å². The highest BCUT2D eigenvalue weighted by Crippen LogP contribution is 2.34. The van der Waals surface area contributed by atoms with Gasteiger partial charge in [0.1, 0.15) is 0 Å². The lowest BCUT2D eigenvalue weighted by Crippen LogP contribution is -2.53. The average molecular weight is 345 g/mol. The molecular weight excluding hydrogens is 316 g/mol. The minimum absolute atomic E-state index is 0.466. The Morgan fingerprint density at radius 1 is 1.00 bits per heavy atom. The number of piperazine rings is 1. The van der Waals surface area contributed by atoms with Gasteiger partial charge < -0.3 is 9.64 Å². The molecule has 3 fully saturated rings. The van der Waals surface area contributed by atoms with Crippen molar-refractivity contribution in [1.29, 1.82) is 0 Å². The maximum absolute atomic E-state index is 5.55. The fraction of sp³-hybridized carbons (Fsp3) is 1.00. The number of halogens is 1. The second kappa shape index (κ2) is 7.08. The van der Waals surface area contributed by atoms with Gasteiger partial charge in [0.2, 0.25) is 0 Å². The molecule has 0 unspecified atom stereocenters. The summed E-state index contributed by atoms with van der Waals surface area (Å²) in [6.45, 7) is 8.29. The topological polar surface area (TPSA) is 15.7 Å². The second-order valence-corrected chi connectivity index (χ2v) is 7.56. The van der Waals surface area contributed by atoms with E-state index in [1.54, 1.807) is 0 Å². The molecule has 20 heavy (non-hydrogen) atoms. The highest BCUT2D eigenvalue weighted by molar-refractivity contribution is 9.09. The standard InChI is InChI=1S/C16H29BrN2O/c17-13-16(5-11-20-12-6-16)14-18-7-9-19(10-8-18)15-3-1-2-4-15/h15H,1-14H2. The van der Waals surface area contributed by atoms with Gasteiger partial charge in [-0.05, 0) is 31.1 Å². The van der Waals surface area contributed by atoms with Crippen LogP contribution in [0.25, 0.3) is 0 Å². The van der Waals surface area contributed by atoms with E-state index in [4.69, 9.17) is 4.74 Å². The fourth-order valence-electron chi connectivity index (χ4n) is 4.17. The van der Waals surface area contributed by atoms with Crippen LogP contribution >= 0.6 is 15.9 Å². The molecule has 4 heteroatoms. The van der Waals surface area contributed by atoms with Crippen LogP contribution in [0, 0.1) is 5.41 Å². The molecule has 0 radical (unpaired) electrons. The van der Waals surface area contributed by atoms with E-state index in [0.29, 0.717) is 5.41 Å². The van der Waals surface area contributed by atoms with Crippen molar-refractivity contribution in [2.24, 2.45) is 5.41 Å². The summed E-state index contributed by atoms with van der Waals surface area (Å²) in [5.74, 6) is 0. The molecule has 0 spiro atoms. The van der Waals surface area contributed by atoms with Crippen LogP contribution in [0.15, 0.2) is 0 Å². The third-order valence-corrected chi connectivity index (χ3v) is 6.83. The van der Waals surface area contributed by atoms with Crippen molar-refractivity contribution in [1.82, 2.24) is 9.80 Å². The first-order valence-corrected chi connectivity index (χ1v) is 9.54. The molecule has 2 heterocycles. The number of hydrogen-bond donors (Lipinski definition) is 0. The molecule has 0 aromatic heterocycles. The molecule has 0 aromatic carbocycles. The predicted octanol–water partition coefficient (Wildman–Crippen LogP) is 2.74. The highest BCUT2D eigenvalue weighted by atomic mass is 79.9. The van der Waals surface area contributed by atoms with Gasteiger partial charge in [-0.2, -0.15) is 0 Å². The lowest BCUT2D eigenvalue weighted by atomic mass is 9.81. The van der Waals surface area contributed by atoms with E-state index in [9.17, 15) is 0 Å². The summed E-state index contributed by atoms with van der Waals surface area (Å²) >= 11 is 3.77. The molecule has 116 valence electrons. The van der Waals surface area contributed by atoms with Gasteiger partial charge in [0, 0.05) is 57.3 Å². The van der Waals surface area contributed by atoms with Crippen LogP contribution in [0.3, 0.4) is 0 Å². The smallest absolute Gasteiger partial charge is 0.0472 e. The Kier molecular flexibility index (Phi) is 5.40. The van der Waals surface area contributed by atoms with Crippen molar-refractivity contribution < 1.29 is 4.74 Å². The summed E-state index contributed by atoms with van der Waals surface area (Å²) in [4.78, 5) is 5.46. The molecular formula is C16H29BrN2O. The van der Waals surface area contributed by atoms with E-state index in [1.807, 2.05) is 0 Å². The van der Waals surface area contributed by atoms with Crippen LogP contribution in [-0.2, 0) is 4.74 Å². The van der Waals surface area contributed by atoms with Crippen molar-refractivity contribution in [2.45, 2.75) is 44.6 Å². The monoisotopic (exact) mass is 344 g/mol. The maximum atomic E-state index is 5.55. The number of nitrogens with zero attached hydrogens (tertiary/aromatic N) is 2. The lowest BCUT2D eigenvalue weighted by Gasteiger charge is -2.44. The Balaban J connectivity index is 1.47. The summed E-state index contributed by atoms with van der Waals surface area (Å²) in [6, 6.07) is 0.908. The number of rotatable bonds is 4. The Bertz CT molecular complexity index is 293. The molecule has 3 rings (SSSR count). The zero-order valence-corrected chi connectivity index (χ0v) is 14.2. The molecule has 2 saturated heterocycles. The van der Waals surface area contributed by atoms with Crippen LogP contribution in [0.1, 0.15) is 38.5 Å². The van der Waals surface area contributed by atoms with Gasteiger partial charge >= 0.3 is 0 Å². The molecule has 1 aliphatic carbocycles. The van der Waals surface area contributed by atoms with Crippen molar-refractivity contribution in [2.75, 3.05) is 51.3 Å². The van der Waals surface area contributed by atoms with Gasteiger partial charge in [-0.25, -0.2) is 0 Å². The van der Waals surface area contributed by atoms with Gasteiger partial charge in [0.05, 0.1) is 0 Å². The SMILES string of the molecule is BrCC1(CN2CCN(C3CCCC3)CC2)CCOCC1. The summed E-state index contributed by atoms with van der Waals surface area (Å²) in [6.07, 6.45) is 8.25. The summed E-state index contributed by atoms with van der Waals surface area (Å²) in [5, 5.41) is 1.13. The van der Waals surface area contributed by atoms with Gasteiger partial charge in [-0.1, -0.05) is 28.8 Å². The molecule has 2 aliphatic heterocycles. The molecule has 0 N–H and O–H groups in total. The zero-order valence-electron chi connectivity index (χ0n) is 12.7. The van der Waals surface area contributed by atoms with Gasteiger partial charge in [-0.15, -0.1) is 0 Å². The molecule has 1 saturated carbocycles. The van der Waals surface area contributed by atoms with Crippen LogP contribution < -0.4 is 0 Å². The van der Waals surface area contributed by atoms with E-state index in [2.05, 4.69) is 25.7 Å². The van der Waals surface area contributed by atoms with Gasteiger partial charge in [0.15, 0.2) is 0 Å². The molecule has 0 aromatic rings. The first kappa shape index (κ1) is 15.3. The summed E-state index contributed by atoms with van der Waals surface area (Å²) in [5.41, 5.74) is 0.466. The molecule has 0 amide bonds. The van der Waals surface area contributed by atoms with Crippen LogP contribution in [-0.4, -0.2) is 67.1 Å². The van der Waals surface area contributed by atoms with E-state index >= 15 is 0 Å². The summed E-state index contributed by atoms with van der Waals surface area (Å²) in [7, 11) is 0. The normalized spacial score (nSPS) is 29.9. The van der Waals surface area contributed by atoms with Gasteiger partial charge in [-0.3, -0.25) is 4.90 Å². The molecule has 3 aliphatic rings. The Labute approximate surface area is 132 Å². The van der Waals surface area contributed by atoms with E-state index in [-0.39, 0.29) is 0 Å². The predicted molar refractivity (Wildman–Crippen MR) is 86.5 cm³/mol. The average Bonchev–Trinajstić information content (AvgIpc) is 3.03. The van der Waals surface area contributed by atoms with Crippen molar-refractivity contribution in [3.05, 3.63) is 0 Å². The van der Waals surface area contributed by atoms with Crippen LogP contribution in [0.5, 0.6) is 0 Å². The third kappa shape index (κ3) is 3.57. The van der Waals surface area contributed by atoms with E-state index < -0.39 is 0 Å². The first-order valence-electron chi connectivity index (χ1n) is 8.41. The van der Waals surface area contributed by atoms with Crippen molar-refractivity contribution in [3.8, 4) is 0 Å². The fourth-order valence-corrected chi connectivity index (χ4v) is 4.91. The number of ether oxygens (including phenoxy) is 1. The largest absolute Gasteiger partial charge is 0.381 e. The van der Waals surface area contributed by atoms with Crippen LogP contribution in [0.2, 0.25) is 0 Å². The number of alkyl halides is 1. The summed E-state index contributed by atoms with van der Waals surface area (Å²) < 4.78 is 5.55. The highest BCUT2D eigenvalue weighted by Gasteiger charge is 2.35. The minimum Gasteiger partial charge on any atom is -0.381 e. The van der Waals surface area contributed by atoms with E-state index in [0.717, 1.165) is 24.6 Å². The second-order valence-electron chi connectivity index (χ2n) is 7.00. The van der Waals surface area contributed by atoms with Crippen molar-refractivity contribution >= 4 is 15.9 Å². The third-order valence-electron chi connectivity index (χ3n) is 5.64. The van der Waals surface area contributed by atoms with Gasteiger partial charge in [0.25, 0.3) is 0 Å². The first-order chi connectivity index (χ1) is 9.81. The lowest BCUT2D eigenvalue weighted by molar-refractivity contribution is -0.00359. The zero-order chi connectivity index (χ0) is 13.8. The Morgan fingerprint density at radius 2 is 1.65 bits per heavy atom. The minimum atomic E-state index is 0.466. The Hall–Kier alpha value is 0.360.